The highest BCUT2D eigenvalue weighted by Crippen LogP contribution is 2.30. The van der Waals surface area contributed by atoms with Crippen LogP contribution in [0.5, 0.6) is 0 Å². The molecular formula is C14H10N2O6. The standard InChI is InChI=1S/C14H10N2O6/c15-11(17)5-1-3-7(13(19)20)10-6(12(16)18)2-4-8(9(5)10)14(21)22/h1-4H,(H2,15,17)(H2,16,18)(H,19,20)(H,21,22). The van der Waals surface area contributed by atoms with Crippen molar-refractivity contribution in [3.8, 4) is 0 Å². The third kappa shape index (κ3) is 2.22. The van der Waals surface area contributed by atoms with E-state index in [9.17, 15) is 29.4 Å². The maximum absolute atomic E-state index is 11.5. The number of rotatable bonds is 4. The lowest BCUT2D eigenvalue weighted by Crippen LogP contribution is -2.18. The summed E-state index contributed by atoms with van der Waals surface area (Å²) in [5.41, 5.74) is 9.30. The predicted octanol–water partition coefficient (Wildman–Crippen LogP) is 0.434. The Morgan fingerprint density at radius 1 is 0.636 bits per heavy atom. The van der Waals surface area contributed by atoms with Crippen LogP contribution in [0.4, 0.5) is 0 Å². The SMILES string of the molecule is NC(=O)c1ccc(C(=O)O)c2c(C(N)=O)ccc(C(=O)O)c12. The molecule has 8 heteroatoms. The van der Waals surface area contributed by atoms with Crippen LogP contribution in [0.2, 0.25) is 0 Å². The van der Waals surface area contributed by atoms with E-state index in [4.69, 9.17) is 11.5 Å². The Labute approximate surface area is 122 Å². The second-order valence-corrected chi connectivity index (χ2v) is 4.41. The molecule has 22 heavy (non-hydrogen) atoms. The Hall–Kier alpha value is -3.42. The molecule has 0 saturated heterocycles. The number of amides is 2. The van der Waals surface area contributed by atoms with E-state index >= 15 is 0 Å². The van der Waals surface area contributed by atoms with Gasteiger partial charge in [0.25, 0.3) is 0 Å². The molecule has 112 valence electrons. The monoisotopic (exact) mass is 302 g/mol. The maximum atomic E-state index is 11.5. The van der Waals surface area contributed by atoms with Crippen molar-refractivity contribution in [1.82, 2.24) is 0 Å². The highest BCUT2D eigenvalue weighted by Gasteiger charge is 2.23. The highest BCUT2D eigenvalue weighted by molar-refractivity contribution is 6.22. The fourth-order valence-corrected chi connectivity index (χ4v) is 2.26. The van der Waals surface area contributed by atoms with Gasteiger partial charge >= 0.3 is 11.9 Å². The van der Waals surface area contributed by atoms with E-state index in [0.29, 0.717) is 0 Å². The molecule has 0 aliphatic rings. The molecule has 0 saturated carbocycles. The maximum Gasteiger partial charge on any atom is 0.336 e. The molecule has 6 N–H and O–H groups in total. The molecule has 2 aromatic rings. The van der Waals surface area contributed by atoms with E-state index < -0.39 is 23.8 Å². The third-order valence-corrected chi connectivity index (χ3v) is 3.15. The average Bonchev–Trinajstić information content (AvgIpc) is 2.43. The molecule has 0 aliphatic carbocycles. The van der Waals surface area contributed by atoms with E-state index in [1.54, 1.807) is 0 Å². The van der Waals surface area contributed by atoms with Gasteiger partial charge < -0.3 is 21.7 Å². The topological polar surface area (TPSA) is 161 Å². The third-order valence-electron chi connectivity index (χ3n) is 3.15. The zero-order chi connectivity index (χ0) is 16.6. The van der Waals surface area contributed by atoms with Crippen molar-refractivity contribution in [3.05, 3.63) is 46.5 Å². The minimum absolute atomic E-state index is 0.208. The smallest absolute Gasteiger partial charge is 0.336 e. The second kappa shape index (κ2) is 5.17. The van der Waals surface area contributed by atoms with E-state index in [1.807, 2.05) is 0 Å². The van der Waals surface area contributed by atoms with Crippen LogP contribution in [0.1, 0.15) is 41.4 Å². The molecule has 2 aromatic carbocycles. The minimum atomic E-state index is -1.40. The van der Waals surface area contributed by atoms with Crippen molar-refractivity contribution in [2.45, 2.75) is 0 Å². The number of carboxylic acid groups (broad SMARTS) is 2. The molecule has 0 heterocycles. The summed E-state index contributed by atoms with van der Waals surface area (Å²) in [7, 11) is 0. The van der Waals surface area contributed by atoms with Gasteiger partial charge in [0.1, 0.15) is 0 Å². The van der Waals surface area contributed by atoms with Gasteiger partial charge in [0.05, 0.1) is 11.1 Å². The summed E-state index contributed by atoms with van der Waals surface area (Å²) >= 11 is 0. The van der Waals surface area contributed by atoms with Gasteiger partial charge in [-0.1, -0.05) is 0 Å². The Morgan fingerprint density at radius 2 is 0.909 bits per heavy atom. The number of aromatic carboxylic acids is 2. The van der Waals surface area contributed by atoms with Crippen molar-refractivity contribution in [1.29, 1.82) is 0 Å². The number of nitrogens with two attached hydrogens (primary N) is 2. The van der Waals surface area contributed by atoms with Gasteiger partial charge in [-0.25, -0.2) is 9.59 Å². The van der Waals surface area contributed by atoms with Crippen LogP contribution < -0.4 is 11.5 Å². The van der Waals surface area contributed by atoms with Crippen molar-refractivity contribution in [3.63, 3.8) is 0 Å². The molecule has 0 spiro atoms. The Bertz CT molecular complexity index is 719. The lowest BCUT2D eigenvalue weighted by atomic mass is 9.91. The molecule has 2 rings (SSSR count). The molecule has 0 fully saturated rings. The van der Waals surface area contributed by atoms with Gasteiger partial charge in [0.15, 0.2) is 0 Å². The fourth-order valence-electron chi connectivity index (χ4n) is 2.26. The van der Waals surface area contributed by atoms with Crippen LogP contribution in [0.25, 0.3) is 10.8 Å². The first-order valence-electron chi connectivity index (χ1n) is 5.91. The van der Waals surface area contributed by atoms with Crippen LogP contribution in [-0.4, -0.2) is 34.0 Å². The summed E-state index contributed by atoms with van der Waals surface area (Å²) < 4.78 is 0. The van der Waals surface area contributed by atoms with Crippen LogP contribution in [0.15, 0.2) is 24.3 Å². The number of hydrogen-bond donors (Lipinski definition) is 4. The van der Waals surface area contributed by atoms with E-state index in [-0.39, 0.29) is 33.0 Å². The second-order valence-electron chi connectivity index (χ2n) is 4.41. The normalized spacial score (nSPS) is 10.4. The highest BCUT2D eigenvalue weighted by atomic mass is 16.4. The summed E-state index contributed by atoms with van der Waals surface area (Å²) in [5.74, 6) is -4.70. The van der Waals surface area contributed by atoms with Gasteiger partial charge in [-0.2, -0.15) is 0 Å². The van der Waals surface area contributed by atoms with E-state index in [0.717, 1.165) is 24.3 Å². The molecule has 0 atom stereocenters. The number of fused-ring (bicyclic) bond motifs is 1. The van der Waals surface area contributed by atoms with Gasteiger partial charge in [0, 0.05) is 21.9 Å². The number of primary amides is 2. The van der Waals surface area contributed by atoms with Gasteiger partial charge in [-0.15, -0.1) is 0 Å². The van der Waals surface area contributed by atoms with Crippen molar-refractivity contribution >= 4 is 34.5 Å². The van der Waals surface area contributed by atoms with Crippen LogP contribution in [0, 0.1) is 0 Å². The molecule has 0 unspecified atom stereocenters. The predicted molar refractivity (Wildman–Crippen MR) is 74.9 cm³/mol. The number of hydrogen-bond acceptors (Lipinski definition) is 4. The first-order valence-corrected chi connectivity index (χ1v) is 5.91. The molecule has 0 aromatic heterocycles. The minimum Gasteiger partial charge on any atom is -0.478 e. The van der Waals surface area contributed by atoms with Crippen LogP contribution in [0.3, 0.4) is 0 Å². The number of carbonyl (C=O) groups is 4. The molecule has 0 aliphatic heterocycles. The number of benzene rings is 2. The first-order chi connectivity index (χ1) is 10.3. The van der Waals surface area contributed by atoms with Crippen molar-refractivity contribution in [2.75, 3.05) is 0 Å². The average molecular weight is 302 g/mol. The fraction of sp³-hybridized carbons (Fsp3) is 0. The van der Waals surface area contributed by atoms with Crippen LogP contribution >= 0.6 is 0 Å². The molecule has 2 amide bonds. The lowest BCUT2D eigenvalue weighted by Gasteiger charge is -2.12. The van der Waals surface area contributed by atoms with Gasteiger partial charge in [0.2, 0.25) is 11.8 Å². The largest absolute Gasteiger partial charge is 0.478 e. The van der Waals surface area contributed by atoms with Crippen molar-refractivity contribution in [2.24, 2.45) is 11.5 Å². The molecule has 0 bridgehead atoms. The number of carboxylic acids is 2. The summed E-state index contributed by atoms with van der Waals surface area (Å²) in [5, 5.41) is 18.0. The van der Waals surface area contributed by atoms with Crippen LogP contribution in [-0.2, 0) is 0 Å². The Morgan fingerprint density at radius 3 is 1.14 bits per heavy atom. The molecular weight excluding hydrogens is 292 g/mol. The lowest BCUT2D eigenvalue weighted by molar-refractivity contribution is 0.0686. The summed E-state index contributed by atoms with van der Waals surface area (Å²) in [6.07, 6.45) is 0. The van der Waals surface area contributed by atoms with Crippen molar-refractivity contribution < 1.29 is 29.4 Å². The molecule has 0 radical (unpaired) electrons. The first kappa shape index (κ1) is 15.0. The summed E-state index contributed by atoms with van der Waals surface area (Å²) in [4.78, 5) is 45.7. The van der Waals surface area contributed by atoms with E-state index in [2.05, 4.69) is 0 Å². The number of carbonyl (C=O) groups excluding carboxylic acids is 2. The quantitative estimate of drug-likeness (QED) is 0.640. The zero-order valence-electron chi connectivity index (χ0n) is 11.0. The van der Waals surface area contributed by atoms with Gasteiger partial charge in [-0.3, -0.25) is 9.59 Å². The summed E-state index contributed by atoms with van der Waals surface area (Å²) in [6.45, 7) is 0. The Kier molecular flexibility index (Phi) is 3.52. The zero-order valence-corrected chi connectivity index (χ0v) is 11.0. The van der Waals surface area contributed by atoms with Gasteiger partial charge in [-0.05, 0) is 24.3 Å². The summed E-state index contributed by atoms with van der Waals surface area (Å²) in [6, 6.07) is 4.35. The van der Waals surface area contributed by atoms with E-state index in [1.165, 1.54) is 0 Å². The molecule has 8 nitrogen and oxygen atoms in total. The Balaban J connectivity index is 3.17.